The molecule has 0 atom stereocenters. The summed E-state index contributed by atoms with van der Waals surface area (Å²) in [5, 5.41) is 0.927. The normalized spacial score (nSPS) is 11.3. The van der Waals surface area contributed by atoms with Crippen molar-refractivity contribution >= 4 is 32.1 Å². The van der Waals surface area contributed by atoms with E-state index in [1.165, 1.54) is 0 Å². The first-order chi connectivity index (χ1) is 10.3. The van der Waals surface area contributed by atoms with Crippen molar-refractivity contribution < 1.29 is 18.1 Å². The van der Waals surface area contributed by atoms with E-state index >= 15 is 0 Å². The summed E-state index contributed by atoms with van der Waals surface area (Å²) in [4.78, 5) is 8.62. The molecular weight excluding hydrogens is 332 g/mol. The number of imidazole rings is 1. The Hall–Kier alpha value is -2.23. The molecule has 0 aliphatic heterocycles. The third-order valence-electron chi connectivity index (χ3n) is 3.21. The Labute approximate surface area is 140 Å². The van der Waals surface area contributed by atoms with Gasteiger partial charge in [0.15, 0.2) is 5.52 Å². The summed E-state index contributed by atoms with van der Waals surface area (Å²) < 4.78 is 30.0. The molecule has 0 aliphatic rings. The van der Waals surface area contributed by atoms with E-state index < -0.39 is 10.1 Å². The Morgan fingerprint density at radius 1 is 1.25 bits per heavy atom. The number of rotatable bonds is 4. The lowest BCUT2D eigenvalue weighted by Gasteiger charge is -2.10. The van der Waals surface area contributed by atoms with Crippen molar-refractivity contribution in [1.29, 1.82) is 0 Å². The first-order valence-electron chi connectivity index (χ1n) is 6.98. The smallest absolute Gasteiger partial charge is 0.307 e. The Morgan fingerprint density at radius 2 is 1.92 bits per heavy atom. The molecule has 0 bridgehead atoms. The van der Waals surface area contributed by atoms with E-state index in [9.17, 15) is 8.42 Å². The molecule has 0 saturated heterocycles. The first-order valence-corrected chi connectivity index (χ1v) is 8.80. The Balaban J connectivity index is 0.00000144. The molecule has 132 valence electrons. The third-order valence-corrected chi connectivity index (χ3v) is 3.67. The average molecular weight is 354 g/mol. The second-order valence-electron chi connectivity index (χ2n) is 5.71. The van der Waals surface area contributed by atoms with Crippen LogP contribution in [0.25, 0.3) is 21.9 Å². The summed E-state index contributed by atoms with van der Waals surface area (Å²) >= 11 is 0. The van der Waals surface area contributed by atoms with Crippen molar-refractivity contribution in [1.82, 2.24) is 20.7 Å². The topological polar surface area (TPSA) is 141 Å². The molecule has 8 nitrogen and oxygen atoms in total. The highest BCUT2D eigenvalue weighted by molar-refractivity contribution is 7.86. The Bertz CT molecular complexity index is 951. The molecule has 2 heterocycles. The molecule has 0 unspecified atom stereocenters. The van der Waals surface area contributed by atoms with Crippen LogP contribution >= 0.6 is 0 Å². The highest BCUT2D eigenvalue weighted by Crippen LogP contribution is 2.30. The van der Waals surface area contributed by atoms with Crippen LogP contribution < -0.4 is 10.3 Å². The lowest BCUT2D eigenvalue weighted by Crippen LogP contribution is -2.08. The summed E-state index contributed by atoms with van der Waals surface area (Å²) in [7, 11) is -3.66. The lowest BCUT2D eigenvalue weighted by atomic mass is 10.1. The van der Waals surface area contributed by atoms with Crippen molar-refractivity contribution in [3.05, 3.63) is 30.6 Å². The zero-order chi connectivity index (χ0) is 15.9. The van der Waals surface area contributed by atoms with E-state index in [1.54, 1.807) is 6.33 Å². The quantitative estimate of drug-likeness (QED) is 0.709. The number of pyridine rings is 1. The van der Waals surface area contributed by atoms with Crippen LogP contribution in [0.2, 0.25) is 0 Å². The molecule has 0 aliphatic carbocycles. The zero-order valence-corrected chi connectivity index (χ0v) is 14.7. The maximum atomic E-state index is 11.5. The Kier molecular flexibility index (Phi) is 5.88. The van der Waals surface area contributed by atoms with E-state index in [2.05, 4.69) is 23.8 Å². The molecule has 0 spiro atoms. The van der Waals surface area contributed by atoms with Gasteiger partial charge in [-0.05, 0) is 12.0 Å². The molecule has 0 amide bonds. The first kappa shape index (κ1) is 19.8. The summed E-state index contributed by atoms with van der Waals surface area (Å²) in [6.45, 7) is 5.01. The molecule has 0 radical (unpaired) electrons. The number of nitrogens with zero attached hydrogens (tertiary/aromatic N) is 3. The predicted octanol–water partition coefficient (Wildman–Crippen LogP) is 1.92. The van der Waals surface area contributed by atoms with Gasteiger partial charge in [-0.25, -0.2) is 9.97 Å². The second-order valence-corrected chi connectivity index (χ2v) is 7.28. The summed E-state index contributed by atoms with van der Waals surface area (Å²) in [6, 6.07) is 7.56. The van der Waals surface area contributed by atoms with Crippen molar-refractivity contribution in [2.24, 2.45) is 5.92 Å². The van der Waals surface area contributed by atoms with E-state index in [4.69, 9.17) is 4.18 Å². The maximum absolute atomic E-state index is 11.5. The van der Waals surface area contributed by atoms with E-state index in [1.807, 2.05) is 28.8 Å². The summed E-state index contributed by atoms with van der Waals surface area (Å²) in [6.07, 6.45) is 2.70. The van der Waals surface area contributed by atoms with Crippen LogP contribution in [0.5, 0.6) is 5.88 Å². The van der Waals surface area contributed by atoms with Gasteiger partial charge in [0.05, 0.1) is 23.6 Å². The van der Waals surface area contributed by atoms with E-state index in [0.717, 1.165) is 23.7 Å². The number of aromatic nitrogens is 3. The van der Waals surface area contributed by atoms with E-state index in [-0.39, 0.29) is 17.5 Å². The Morgan fingerprint density at radius 3 is 2.54 bits per heavy atom. The highest BCUT2D eigenvalue weighted by Gasteiger charge is 2.18. The van der Waals surface area contributed by atoms with Gasteiger partial charge in [-0.2, -0.15) is 8.42 Å². The maximum Gasteiger partial charge on any atom is 0.307 e. The molecule has 3 rings (SSSR count). The van der Waals surface area contributed by atoms with Gasteiger partial charge in [-0.1, -0.05) is 32.0 Å². The molecule has 5 N–H and O–H groups in total. The number of benzene rings is 1. The zero-order valence-electron chi connectivity index (χ0n) is 13.9. The van der Waals surface area contributed by atoms with Gasteiger partial charge in [0, 0.05) is 11.9 Å². The van der Waals surface area contributed by atoms with Gasteiger partial charge < -0.3 is 20.4 Å². The van der Waals surface area contributed by atoms with Crippen LogP contribution in [-0.2, 0) is 16.7 Å². The van der Waals surface area contributed by atoms with Crippen molar-refractivity contribution in [3.63, 3.8) is 0 Å². The van der Waals surface area contributed by atoms with Gasteiger partial charge >= 0.3 is 10.1 Å². The molecule has 3 aromatic rings. The fraction of sp³-hybridized carbons (Fsp3) is 0.333. The van der Waals surface area contributed by atoms with Crippen LogP contribution in [0.15, 0.2) is 30.6 Å². The predicted molar refractivity (Wildman–Crippen MR) is 94.0 cm³/mol. The minimum atomic E-state index is -3.66. The average Bonchev–Trinajstić information content (AvgIpc) is 2.81. The molecule has 2 aromatic heterocycles. The largest absolute Gasteiger partial charge is 0.412 e. The number of hydrogen-bond donors (Lipinski definition) is 1. The number of hydrogen-bond acceptors (Lipinski definition) is 6. The summed E-state index contributed by atoms with van der Waals surface area (Å²) in [5.41, 5.74) is 1.99. The van der Waals surface area contributed by atoms with Crippen LogP contribution in [0.4, 0.5) is 0 Å². The molecule has 24 heavy (non-hydrogen) atoms. The van der Waals surface area contributed by atoms with Gasteiger partial charge in [0.1, 0.15) is 0 Å². The SMILES string of the molecule is CC(C)Cn1cnc2c(OS(C)(=O)=O)nc3ccccc3c21.N.O. The van der Waals surface area contributed by atoms with Crippen LogP contribution in [0.3, 0.4) is 0 Å². The van der Waals surface area contributed by atoms with Crippen LogP contribution in [-0.4, -0.2) is 34.7 Å². The molecule has 9 heteroatoms. The van der Waals surface area contributed by atoms with E-state index in [0.29, 0.717) is 17.0 Å². The minimum Gasteiger partial charge on any atom is -0.412 e. The van der Waals surface area contributed by atoms with Crippen molar-refractivity contribution in [2.45, 2.75) is 20.4 Å². The standard InChI is InChI=1S/C15H17N3O3S.H3N.H2O/c1-10(2)8-18-9-16-13-14(18)11-6-4-5-7-12(11)17-15(13)21-22(3,19)20;;/h4-7,9-10H,8H2,1-3H3;1H3;1H2. The second kappa shape index (κ2) is 7.12. The molecule has 0 saturated carbocycles. The third kappa shape index (κ3) is 3.81. The van der Waals surface area contributed by atoms with Gasteiger partial charge in [0.2, 0.25) is 0 Å². The highest BCUT2D eigenvalue weighted by atomic mass is 32.2. The van der Waals surface area contributed by atoms with Gasteiger partial charge in [-0.15, -0.1) is 0 Å². The number of fused-ring (bicyclic) bond motifs is 3. The van der Waals surface area contributed by atoms with Crippen LogP contribution in [0, 0.1) is 5.92 Å². The fourth-order valence-corrected chi connectivity index (χ4v) is 2.89. The van der Waals surface area contributed by atoms with Gasteiger partial charge in [-0.3, -0.25) is 0 Å². The monoisotopic (exact) mass is 354 g/mol. The van der Waals surface area contributed by atoms with Crippen molar-refractivity contribution in [2.75, 3.05) is 6.26 Å². The minimum absolute atomic E-state index is 0. The molecular formula is C15H22N4O4S. The lowest BCUT2D eigenvalue weighted by molar-refractivity contribution is 0.486. The molecule has 1 aromatic carbocycles. The van der Waals surface area contributed by atoms with Crippen molar-refractivity contribution in [3.8, 4) is 5.88 Å². The summed E-state index contributed by atoms with van der Waals surface area (Å²) in [5.74, 6) is 0.460. The number of para-hydroxylation sites is 1. The molecule has 0 fully saturated rings. The van der Waals surface area contributed by atoms with Crippen LogP contribution in [0.1, 0.15) is 13.8 Å². The fourth-order valence-electron chi connectivity index (χ4n) is 2.49. The van der Waals surface area contributed by atoms with Gasteiger partial charge in [0.25, 0.3) is 5.88 Å².